The van der Waals surface area contributed by atoms with Crippen LogP contribution in [-0.4, -0.2) is 35.4 Å². The minimum absolute atomic E-state index is 0.471. The van der Waals surface area contributed by atoms with Gasteiger partial charge in [-0.25, -0.2) is 0 Å². The number of anilines is 1. The third-order valence-electron chi connectivity index (χ3n) is 3.19. The largest absolute Gasteiger partial charge is 0.367 e. The summed E-state index contributed by atoms with van der Waals surface area (Å²) in [6.45, 7) is 2.11. The average molecular weight is 225 g/mol. The highest BCUT2D eigenvalue weighted by Gasteiger charge is 2.32. The summed E-state index contributed by atoms with van der Waals surface area (Å²) in [6, 6.07) is 3.16. The lowest BCUT2D eigenvalue weighted by atomic mass is 10.2. The molecule has 0 aromatic carbocycles. The van der Waals surface area contributed by atoms with Gasteiger partial charge in [0.1, 0.15) is 0 Å². The van der Waals surface area contributed by atoms with E-state index in [4.69, 9.17) is 11.6 Å². The highest BCUT2D eigenvalue weighted by Crippen LogP contribution is 2.25. The van der Waals surface area contributed by atoms with Crippen molar-refractivity contribution in [1.29, 1.82) is 0 Å². The van der Waals surface area contributed by atoms with Gasteiger partial charge in [0.15, 0.2) is 5.15 Å². The summed E-state index contributed by atoms with van der Waals surface area (Å²) in [7, 11) is 0. The lowest BCUT2D eigenvalue weighted by Crippen LogP contribution is -2.51. The van der Waals surface area contributed by atoms with Crippen LogP contribution >= 0.6 is 11.6 Å². The molecule has 2 bridgehead atoms. The first-order valence-corrected chi connectivity index (χ1v) is 5.68. The third-order valence-corrected chi connectivity index (χ3v) is 3.38. The Morgan fingerprint density at radius 3 is 2.73 bits per heavy atom. The van der Waals surface area contributed by atoms with Crippen LogP contribution in [0.1, 0.15) is 12.8 Å². The summed E-state index contributed by atoms with van der Waals surface area (Å²) in [5.74, 6) is 0. The van der Waals surface area contributed by atoms with Crippen LogP contribution < -0.4 is 10.2 Å². The summed E-state index contributed by atoms with van der Waals surface area (Å²) < 4.78 is 0. The summed E-state index contributed by atoms with van der Waals surface area (Å²) in [5.41, 5.74) is 1.09. The molecule has 80 valence electrons. The van der Waals surface area contributed by atoms with E-state index in [1.807, 2.05) is 6.07 Å². The Balaban J connectivity index is 1.83. The number of fused-ring (bicyclic) bond motifs is 2. The van der Waals surface area contributed by atoms with Gasteiger partial charge in [0.2, 0.25) is 0 Å². The minimum Gasteiger partial charge on any atom is -0.367 e. The smallest absolute Gasteiger partial charge is 0.153 e. The molecule has 15 heavy (non-hydrogen) atoms. The van der Waals surface area contributed by atoms with Gasteiger partial charge in [0.25, 0.3) is 0 Å². The number of hydrogen-bond acceptors (Lipinski definition) is 4. The fraction of sp³-hybridized carbons (Fsp3) is 0.600. The second-order valence-corrected chi connectivity index (χ2v) is 4.67. The fourth-order valence-corrected chi connectivity index (χ4v) is 2.67. The second-order valence-electron chi connectivity index (χ2n) is 4.28. The van der Waals surface area contributed by atoms with Crippen LogP contribution in [0.15, 0.2) is 12.3 Å². The van der Waals surface area contributed by atoms with Gasteiger partial charge in [-0.2, -0.15) is 5.10 Å². The highest BCUT2D eigenvalue weighted by molar-refractivity contribution is 6.29. The van der Waals surface area contributed by atoms with E-state index in [2.05, 4.69) is 20.4 Å². The van der Waals surface area contributed by atoms with Crippen molar-refractivity contribution in [1.82, 2.24) is 15.5 Å². The van der Waals surface area contributed by atoms with Crippen molar-refractivity contribution in [3.63, 3.8) is 0 Å². The zero-order valence-electron chi connectivity index (χ0n) is 8.36. The minimum atomic E-state index is 0.471. The van der Waals surface area contributed by atoms with Gasteiger partial charge in [-0.15, -0.1) is 5.10 Å². The molecule has 2 unspecified atom stereocenters. The van der Waals surface area contributed by atoms with E-state index in [0.29, 0.717) is 17.2 Å². The number of aromatic nitrogens is 2. The van der Waals surface area contributed by atoms with E-state index >= 15 is 0 Å². The standard InChI is InChI=1S/C10H13ClN4/c11-10-3-9(4-12-14-10)15-5-7-1-2-8(6-15)13-7/h3-4,7-8,13H,1-2,5-6H2. The van der Waals surface area contributed by atoms with Crippen molar-refractivity contribution in [2.75, 3.05) is 18.0 Å². The van der Waals surface area contributed by atoms with Crippen molar-refractivity contribution < 1.29 is 0 Å². The molecule has 5 heteroatoms. The molecule has 0 saturated carbocycles. The lowest BCUT2D eigenvalue weighted by molar-refractivity contribution is 0.465. The van der Waals surface area contributed by atoms with Crippen molar-refractivity contribution in [3.8, 4) is 0 Å². The first kappa shape index (κ1) is 9.36. The summed E-state index contributed by atoms with van der Waals surface area (Å²) in [6.07, 6.45) is 4.36. The number of hydrogen-bond donors (Lipinski definition) is 1. The molecule has 2 atom stereocenters. The summed E-state index contributed by atoms with van der Waals surface area (Å²) in [5, 5.41) is 11.7. The molecule has 1 aromatic rings. The van der Waals surface area contributed by atoms with Crippen LogP contribution in [0.3, 0.4) is 0 Å². The Bertz CT molecular complexity index is 358. The summed E-state index contributed by atoms with van der Waals surface area (Å²) in [4.78, 5) is 2.35. The average Bonchev–Trinajstić information content (AvgIpc) is 2.58. The van der Waals surface area contributed by atoms with Gasteiger partial charge < -0.3 is 10.2 Å². The van der Waals surface area contributed by atoms with Gasteiger partial charge in [-0.05, 0) is 12.8 Å². The van der Waals surface area contributed by atoms with Gasteiger partial charge in [-0.3, -0.25) is 0 Å². The maximum atomic E-state index is 5.84. The normalized spacial score (nSPS) is 29.5. The van der Waals surface area contributed by atoms with Crippen LogP contribution in [0, 0.1) is 0 Å². The molecular weight excluding hydrogens is 212 g/mol. The lowest BCUT2D eigenvalue weighted by Gasteiger charge is -2.34. The number of piperazine rings is 1. The topological polar surface area (TPSA) is 41.0 Å². The molecule has 0 aliphatic carbocycles. The van der Waals surface area contributed by atoms with Crippen molar-refractivity contribution in [3.05, 3.63) is 17.4 Å². The molecule has 0 spiro atoms. The Labute approximate surface area is 93.6 Å². The second kappa shape index (κ2) is 3.61. The molecule has 3 heterocycles. The number of nitrogens with zero attached hydrogens (tertiary/aromatic N) is 3. The van der Waals surface area contributed by atoms with Crippen LogP contribution in [0.2, 0.25) is 5.15 Å². The maximum absolute atomic E-state index is 5.84. The maximum Gasteiger partial charge on any atom is 0.153 e. The molecule has 2 aliphatic rings. The molecule has 4 nitrogen and oxygen atoms in total. The van der Waals surface area contributed by atoms with Gasteiger partial charge in [-0.1, -0.05) is 11.6 Å². The first-order chi connectivity index (χ1) is 7.31. The molecule has 0 radical (unpaired) electrons. The SMILES string of the molecule is Clc1cc(N2CC3CCC(C2)N3)cnn1. The van der Waals surface area contributed by atoms with E-state index in [-0.39, 0.29) is 0 Å². The molecule has 0 amide bonds. The van der Waals surface area contributed by atoms with E-state index in [9.17, 15) is 0 Å². The molecule has 3 rings (SSSR count). The zero-order chi connectivity index (χ0) is 10.3. The van der Waals surface area contributed by atoms with E-state index < -0.39 is 0 Å². The predicted octanol–water partition coefficient (Wildman–Crippen LogP) is 1.07. The molecule has 2 fully saturated rings. The van der Waals surface area contributed by atoms with Crippen LogP contribution in [0.5, 0.6) is 0 Å². The molecule has 1 N–H and O–H groups in total. The molecule has 1 aromatic heterocycles. The van der Waals surface area contributed by atoms with Crippen molar-refractivity contribution >= 4 is 17.3 Å². The fourth-order valence-electron chi connectivity index (χ4n) is 2.51. The van der Waals surface area contributed by atoms with Gasteiger partial charge in [0.05, 0.1) is 11.9 Å². The van der Waals surface area contributed by atoms with Gasteiger partial charge in [0, 0.05) is 31.2 Å². The van der Waals surface area contributed by atoms with Crippen LogP contribution in [0.25, 0.3) is 0 Å². The Hall–Kier alpha value is -0.870. The Kier molecular flexibility index (Phi) is 2.25. The number of halogens is 1. The Morgan fingerprint density at radius 1 is 1.33 bits per heavy atom. The number of rotatable bonds is 1. The van der Waals surface area contributed by atoms with E-state index in [1.54, 1.807) is 6.20 Å². The highest BCUT2D eigenvalue weighted by atomic mass is 35.5. The first-order valence-electron chi connectivity index (χ1n) is 5.30. The van der Waals surface area contributed by atoms with E-state index in [1.165, 1.54) is 12.8 Å². The van der Waals surface area contributed by atoms with E-state index in [0.717, 1.165) is 18.8 Å². The molecule has 2 aliphatic heterocycles. The molecule has 2 saturated heterocycles. The molecular formula is C10H13ClN4. The number of nitrogens with one attached hydrogen (secondary N) is 1. The predicted molar refractivity (Wildman–Crippen MR) is 59.2 cm³/mol. The monoisotopic (exact) mass is 224 g/mol. The third kappa shape index (κ3) is 1.79. The van der Waals surface area contributed by atoms with Crippen molar-refractivity contribution in [2.45, 2.75) is 24.9 Å². The zero-order valence-corrected chi connectivity index (χ0v) is 9.11. The van der Waals surface area contributed by atoms with Crippen LogP contribution in [0.4, 0.5) is 5.69 Å². The summed E-state index contributed by atoms with van der Waals surface area (Å²) >= 11 is 5.84. The van der Waals surface area contributed by atoms with Crippen LogP contribution in [-0.2, 0) is 0 Å². The van der Waals surface area contributed by atoms with Gasteiger partial charge >= 0.3 is 0 Å². The van der Waals surface area contributed by atoms with Crippen molar-refractivity contribution in [2.24, 2.45) is 0 Å². The Morgan fingerprint density at radius 2 is 2.07 bits per heavy atom. The quantitative estimate of drug-likeness (QED) is 0.775.